The second-order valence-corrected chi connectivity index (χ2v) is 6.93. The predicted molar refractivity (Wildman–Crippen MR) is 118 cm³/mol. The number of hydrogen-bond acceptors (Lipinski definition) is 4. The molecule has 1 aliphatic carbocycles. The number of hydrogen-bond donors (Lipinski definition) is 2. The Hall–Kier alpha value is -0.830. The Kier molecular flexibility index (Phi) is 11.1. The molecule has 25 heavy (non-hydrogen) atoms. The molecule has 0 aromatic heterocycles. The Labute approximate surface area is 172 Å². The predicted octanol–water partition coefficient (Wildman–Crippen LogP) is 3.53. The van der Waals surface area contributed by atoms with Crippen LogP contribution in [0.1, 0.15) is 26.2 Å². The first-order chi connectivity index (χ1) is 11.7. The summed E-state index contributed by atoms with van der Waals surface area (Å²) in [7, 11) is 1.66. The molecule has 2 rings (SSSR count). The Morgan fingerprint density at radius 1 is 1.24 bits per heavy atom. The fourth-order valence-corrected chi connectivity index (χ4v) is 3.59. The summed E-state index contributed by atoms with van der Waals surface area (Å²) in [6.45, 7) is 4.13. The van der Waals surface area contributed by atoms with E-state index >= 15 is 0 Å². The van der Waals surface area contributed by atoms with Gasteiger partial charge in [0.1, 0.15) is 18.1 Å². The molecule has 0 saturated heterocycles. The highest BCUT2D eigenvalue weighted by atomic mass is 127. The molecule has 1 saturated carbocycles. The highest BCUT2D eigenvalue weighted by Crippen LogP contribution is 2.28. The minimum Gasteiger partial charge on any atom is -0.497 e. The maximum absolute atomic E-state index is 5.72. The highest BCUT2D eigenvalue weighted by molar-refractivity contribution is 14.0. The van der Waals surface area contributed by atoms with Crippen molar-refractivity contribution in [2.24, 2.45) is 4.99 Å². The fraction of sp³-hybridized carbons (Fsp3) is 0.611. The molecule has 1 aromatic carbocycles. The van der Waals surface area contributed by atoms with Gasteiger partial charge in [-0.15, -0.1) is 24.0 Å². The normalized spacial score (nSPS) is 19.9. The Morgan fingerprint density at radius 2 is 1.96 bits per heavy atom. The van der Waals surface area contributed by atoms with Crippen molar-refractivity contribution >= 4 is 41.7 Å². The number of nitrogens with zero attached hydrogens (tertiary/aromatic N) is 1. The summed E-state index contributed by atoms with van der Waals surface area (Å²) in [4.78, 5) is 4.61. The van der Waals surface area contributed by atoms with Crippen LogP contribution in [0.5, 0.6) is 11.5 Å². The summed E-state index contributed by atoms with van der Waals surface area (Å²) < 4.78 is 10.9. The van der Waals surface area contributed by atoms with Crippen LogP contribution in [0.4, 0.5) is 0 Å². The van der Waals surface area contributed by atoms with E-state index in [1.165, 1.54) is 19.3 Å². The average molecular weight is 479 g/mol. The van der Waals surface area contributed by atoms with Crippen molar-refractivity contribution in [3.05, 3.63) is 24.3 Å². The van der Waals surface area contributed by atoms with E-state index in [2.05, 4.69) is 28.8 Å². The fourth-order valence-electron chi connectivity index (χ4n) is 2.79. The van der Waals surface area contributed by atoms with Crippen LogP contribution in [0, 0.1) is 0 Å². The van der Waals surface area contributed by atoms with E-state index < -0.39 is 0 Å². The number of thioether (sulfide) groups is 1. The molecule has 5 nitrogen and oxygen atoms in total. The number of nitrogens with one attached hydrogen (secondary N) is 2. The summed E-state index contributed by atoms with van der Waals surface area (Å²) in [6.07, 6.45) is 5.92. The van der Waals surface area contributed by atoms with E-state index in [0.717, 1.165) is 29.3 Å². The maximum Gasteiger partial charge on any atom is 0.191 e. The van der Waals surface area contributed by atoms with Crippen molar-refractivity contribution in [2.45, 2.75) is 37.5 Å². The SMILES string of the molecule is CCNC(=NCCOc1ccc(OC)cc1)NC1CCC(SC)C1.I. The highest BCUT2D eigenvalue weighted by Gasteiger charge is 2.24. The average Bonchev–Trinajstić information content (AvgIpc) is 3.07. The molecule has 2 atom stereocenters. The van der Waals surface area contributed by atoms with Gasteiger partial charge in [-0.05, 0) is 56.7 Å². The van der Waals surface area contributed by atoms with Crippen LogP contribution in [0.2, 0.25) is 0 Å². The lowest BCUT2D eigenvalue weighted by Gasteiger charge is -2.17. The van der Waals surface area contributed by atoms with Crippen LogP contribution < -0.4 is 20.1 Å². The van der Waals surface area contributed by atoms with Gasteiger partial charge in [-0.3, -0.25) is 0 Å². The smallest absolute Gasteiger partial charge is 0.191 e. The maximum atomic E-state index is 5.72. The summed E-state index contributed by atoms with van der Waals surface area (Å²) in [5.41, 5.74) is 0. The summed E-state index contributed by atoms with van der Waals surface area (Å²) in [5, 5.41) is 7.65. The van der Waals surface area contributed by atoms with Crippen LogP contribution in [0.25, 0.3) is 0 Å². The molecule has 0 heterocycles. The van der Waals surface area contributed by atoms with Crippen LogP contribution in [0.15, 0.2) is 29.3 Å². The second-order valence-electron chi connectivity index (χ2n) is 5.80. The zero-order chi connectivity index (χ0) is 17.2. The Morgan fingerprint density at radius 3 is 2.56 bits per heavy atom. The summed E-state index contributed by atoms with van der Waals surface area (Å²) in [6, 6.07) is 8.14. The van der Waals surface area contributed by atoms with Gasteiger partial charge in [0.15, 0.2) is 5.96 Å². The molecular weight excluding hydrogens is 449 g/mol. The standard InChI is InChI=1S/C18H29N3O2S.HI/c1-4-19-18(21-14-5-10-17(13-14)24-3)20-11-12-23-16-8-6-15(22-2)7-9-16;/h6-9,14,17H,4-5,10-13H2,1-3H3,(H2,19,20,21);1H. The van der Waals surface area contributed by atoms with Gasteiger partial charge >= 0.3 is 0 Å². The zero-order valence-electron chi connectivity index (χ0n) is 15.3. The molecule has 0 radical (unpaired) electrons. The minimum atomic E-state index is 0. The molecule has 0 aliphatic heterocycles. The number of ether oxygens (including phenoxy) is 2. The van der Waals surface area contributed by atoms with Gasteiger partial charge in [0.25, 0.3) is 0 Å². The molecule has 7 heteroatoms. The van der Waals surface area contributed by atoms with Crippen LogP contribution in [-0.4, -0.2) is 50.3 Å². The largest absolute Gasteiger partial charge is 0.497 e. The van der Waals surface area contributed by atoms with E-state index in [0.29, 0.717) is 19.2 Å². The number of benzene rings is 1. The third-order valence-corrected chi connectivity index (χ3v) is 5.19. The zero-order valence-corrected chi connectivity index (χ0v) is 18.4. The van der Waals surface area contributed by atoms with E-state index in [9.17, 15) is 0 Å². The molecule has 2 unspecified atom stereocenters. The number of methoxy groups -OCH3 is 1. The lowest BCUT2D eigenvalue weighted by molar-refractivity contribution is 0.327. The third kappa shape index (κ3) is 7.94. The van der Waals surface area contributed by atoms with E-state index in [1.807, 2.05) is 36.0 Å². The molecule has 0 spiro atoms. The third-order valence-electron chi connectivity index (χ3n) is 4.09. The molecule has 0 bridgehead atoms. The first kappa shape index (κ1) is 22.2. The van der Waals surface area contributed by atoms with Crippen molar-refractivity contribution < 1.29 is 9.47 Å². The molecule has 0 amide bonds. The molecule has 2 N–H and O–H groups in total. The monoisotopic (exact) mass is 479 g/mol. The Balaban J connectivity index is 0.00000312. The molecule has 1 aromatic rings. The molecule has 1 fully saturated rings. The van der Waals surface area contributed by atoms with Gasteiger partial charge in [0, 0.05) is 17.8 Å². The van der Waals surface area contributed by atoms with Crippen LogP contribution in [-0.2, 0) is 0 Å². The van der Waals surface area contributed by atoms with Gasteiger partial charge in [-0.1, -0.05) is 0 Å². The van der Waals surface area contributed by atoms with E-state index in [4.69, 9.17) is 9.47 Å². The van der Waals surface area contributed by atoms with Gasteiger partial charge in [0.2, 0.25) is 0 Å². The molecule has 142 valence electrons. The first-order valence-electron chi connectivity index (χ1n) is 8.59. The summed E-state index contributed by atoms with van der Waals surface area (Å²) >= 11 is 1.97. The Bertz CT molecular complexity index is 514. The first-order valence-corrected chi connectivity index (χ1v) is 9.88. The quantitative estimate of drug-likeness (QED) is 0.259. The molecule has 1 aliphatic rings. The number of rotatable bonds is 8. The van der Waals surface area contributed by atoms with Crippen molar-refractivity contribution in [2.75, 3.05) is 33.1 Å². The molecular formula is C18H30IN3O2S. The van der Waals surface area contributed by atoms with Crippen LogP contribution in [0.3, 0.4) is 0 Å². The second kappa shape index (κ2) is 12.5. The van der Waals surface area contributed by atoms with Gasteiger partial charge in [-0.2, -0.15) is 11.8 Å². The van der Waals surface area contributed by atoms with Gasteiger partial charge in [-0.25, -0.2) is 4.99 Å². The van der Waals surface area contributed by atoms with E-state index in [1.54, 1.807) is 7.11 Å². The number of halogens is 1. The van der Waals surface area contributed by atoms with E-state index in [-0.39, 0.29) is 24.0 Å². The van der Waals surface area contributed by atoms with Crippen molar-refractivity contribution in [1.82, 2.24) is 10.6 Å². The van der Waals surface area contributed by atoms with Gasteiger partial charge in [0.05, 0.1) is 13.7 Å². The number of aliphatic imine (C=N–C) groups is 1. The van der Waals surface area contributed by atoms with Gasteiger partial charge < -0.3 is 20.1 Å². The van der Waals surface area contributed by atoms with Crippen molar-refractivity contribution in [3.8, 4) is 11.5 Å². The lowest BCUT2D eigenvalue weighted by atomic mass is 10.2. The topological polar surface area (TPSA) is 54.9 Å². The van der Waals surface area contributed by atoms with Crippen molar-refractivity contribution in [3.63, 3.8) is 0 Å². The van der Waals surface area contributed by atoms with Crippen LogP contribution >= 0.6 is 35.7 Å². The van der Waals surface area contributed by atoms with Crippen molar-refractivity contribution in [1.29, 1.82) is 0 Å². The lowest BCUT2D eigenvalue weighted by Crippen LogP contribution is -2.42. The number of guanidine groups is 1. The minimum absolute atomic E-state index is 0. The summed E-state index contributed by atoms with van der Waals surface area (Å²) in [5.74, 6) is 2.56.